The first-order valence-corrected chi connectivity index (χ1v) is 19.1. The van der Waals surface area contributed by atoms with Crippen LogP contribution in [0.25, 0.3) is 110 Å². The van der Waals surface area contributed by atoms with E-state index in [1.165, 1.54) is 54.6 Å². The molecule has 0 unspecified atom stereocenters. The van der Waals surface area contributed by atoms with Gasteiger partial charge in [-0.15, -0.1) is 0 Å². The molecule has 0 radical (unpaired) electrons. The summed E-state index contributed by atoms with van der Waals surface area (Å²) in [5.74, 6) is 0.662. The van der Waals surface area contributed by atoms with Gasteiger partial charge in [0.25, 0.3) is 0 Å². The molecule has 56 heavy (non-hydrogen) atoms. The van der Waals surface area contributed by atoms with Gasteiger partial charge in [0, 0.05) is 44.2 Å². The first kappa shape index (κ1) is 30.9. The second-order valence-corrected chi connectivity index (χ2v) is 14.6. The summed E-state index contributed by atoms with van der Waals surface area (Å²) in [5, 5.41) is 10.6. The van der Waals surface area contributed by atoms with Gasteiger partial charge in [-0.3, -0.25) is 4.57 Å². The number of aromatic nitrogens is 4. The highest BCUT2D eigenvalue weighted by molar-refractivity contribution is 6.29. The molecule has 9 aromatic carbocycles. The van der Waals surface area contributed by atoms with Gasteiger partial charge in [0.2, 0.25) is 5.95 Å². The quantitative estimate of drug-likeness (QED) is 0.170. The smallest absolute Gasteiger partial charge is 0.235 e. The minimum Gasteiger partial charge on any atom is -0.309 e. The Morgan fingerprint density at radius 1 is 0.321 bits per heavy atom. The van der Waals surface area contributed by atoms with Crippen molar-refractivity contribution in [1.29, 1.82) is 0 Å². The molecule has 0 aliphatic rings. The Hall–Kier alpha value is -7.56. The molecule has 0 fully saturated rings. The molecule has 0 amide bonds. The third-order valence-electron chi connectivity index (χ3n) is 11.5. The van der Waals surface area contributed by atoms with E-state index in [4.69, 9.17) is 9.97 Å². The van der Waals surface area contributed by atoms with Gasteiger partial charge in [-0.2, -0.15) is 0 Å². The molecule has 0 saturated heterocycles. The first-order valence-electron chi connectivity index (χ1n) is 19.1. The zero-order valence-corrected chi connectivity index (χ0v) is 30.3. The number of para-hydroxylation sites is 2. The normalized spacial score (nSPS) is 11.9. The fourth-order valence-corrected chi connectivity index (χ4v) is 9.11. The van der Waals surface area contributed by atoms with Gasteiger partial charge in [0.15, 0.2) is 0 Å². The summed E-state index contributed by atoms with van der Waals surface area (Å²) in [7, 11) is 0. The Kier molecular flexibility index (Phi) is 6.60. The van der Waals surface area contributed by atoms with E-state index < -0.39 is 0 Å². The average Bonchev–Trinajstić information content (AvgIpc) is 3.80. The van der Waals surface area contributed by atoms with Crippen molar-refractivity contribution in [2.75, 3.05) is 0 Å². The van der Waals surface area contributed by atoms with Crippen molar-refractivity contribution in [3.63, 3.8) is 0 Å². The van der Waals surface area contributed by atoms with Gasteiger partial charge in [-0.25, -0.2) is 9.97 Å². The van der Waals surface area contributed by atoms with E-state index in [0.29, 0.717) is 5.95 Å². The molecule has 12 aromatic rings. The van der Waals surface area contributed by atoms with Gasteiger partial charge in [0.05, 0.1) is 27.6 Å². The van der Waals surface area contributed by atoms with E-state index >= 15 is 0 Å². The zero-order valence-electron chi connectivity index (χ0n) is 30.3. The maximum absolute atomic E-state index is 5.42. The van der Waals surface area contributed by atoms with Crippen LogP contribution in [0.2, 0.25) is 0 Å². The van der Waals surface area contributed by atoms with Crippen LogP contribution in [-0.4, -0.2) is 19.1 Å². The Morgan fingerprint density at radius 3 is 1.36 bits per heavy atom. The van der Waals surface area contributed by atoms with E-state index in [2.05, 4.69) is 197 Å². The largest absolute Gasteiger partial charge is 0.309 e. The third kappa shape index (κ3) is 4.47. The molecule has 12 rings (SSSR count). The average molecular weight is 713 g/mol. The molecule has 0 aliphatic carbocycles. The lowest BCUT2D eigenvalue weighted by atomic mass is 9.98. The number of rotatable bonds is 4. The monoisotopic (exact) mass is 712 g/mol. The van der Waals surface area contributed by atoms with E-state index in [0.717, 1.165) is 49.4 Å². The van der Waals surface area contributed by atoms with E-state index in [1.54, 1.807) is 0 Å². The highest BCUT2D eigenvalue weighted by Crippen LogP contribution is 2.43. The molecule has 0 N–H and O–H groups in total. The molecule has 3 heterocycles. The van der Waals surface area contributed by atoms with E-state index in [1.807, 2.05) is 6.20 Å². The Bertz CT molecular complexity index is 3430. The molecular weight excluding hydrogens is 681 g/mol. The Morgan fingerprint density at radius 2 is 0.768 bits per heavy atom. The minimum atomic E-state index is 0.662. The van der Waals surface area contributed by atoms with Gasteiger partial charge in [-0.05, 0) is 80.9 Å². The van der Waals surface area contributed by atoms with Crippen molar-refractivity contribution in [2.45, 2.75) is 0 Å². The van der Waals surface area contributed by atoms with Crippen LogP contribution in [0, 0.1) is 0 Å². The van der Waals surface area contributed by atoms with E-state index in [9.17, 15) is 0 Å². The van der Waals surface area contributed by atoms with Crippen molar-refractivity contribution in [3.05, 3.63) is 194 Å². The van der Waals surface area contributed by atoms with Crippen LogP contribution in [0.1, 0.15) is 0 Å². The topological polar surface area (TPSA) is 35.6 Å². The molecule has 4 heteroatoms. The summed E-state index contributed by atoms with van der Waals surface area (Å²) in [4.78, 5) is 10.5. The molecule has 260 valence electrons. The maximum atomic E-state index is 5.42. The van der Waals surface area contributed by atoms with Crippen molar-refractivity contribution < 1.29 is 0 Å². The number of benzene rings is 9. The number of hydrogen-bond acceptors (Lipinski definition) is 2. The summed E-state index contributed by atoms with van der Waals surface area (Å²) in [5.41, 5.74) is 11.3. The van der Waals surface area contributed by atoms with Crippen LogP contribution < -0.4 is 0 Å². The number of hydrogen-bond donors (Lipinski definition) is 0. The highest BCUT2D eigenvalue weighted by atomic mass is 15.2. The maximum Gasteiger partial charge on any atom is 0.235 e. The number of nitrogens with zero attached hydrogens (tertiary/aromatic N) is 4. The van der Waals surface area contributed by atoms with Gasteiger partial charge >= 0.3 is 0 Å². The summed E-state index contributed by atoms with van der Waals surface area (Å²) in [6.45, 7) is 0. The molecule has 0 atom stereocenters. The van der Waals surface area contributed by atoms with Gasteiger partial charge in [-0.1, -0.05) is 146 Å². The summed E-state index contributed by atoms with van der Waals surface area (Å²) in [6.07, 6.45) is 2.02. The minimum absolute atomic E-state index is 0.662. The number of fused-ring (bicyclic) bond motifs is 13. The van der Waals surface area contributed by atoms with Gasteiger partial charge in [0.1, 0.15) is 0 Å². The zero-order chi connectivity index (χ0) is 36.7. The molecule has 4 nitrogen and oxygen atoms in total. The second kappa shape index (κ2) is 12.0. The summed E-state index contributed by atoms with van der Waals surface area (Å²) < 4.78 is 4.70. The molecule has 0 saturated carbocycles. The van der Waals surface area contributed by atoms with Gasteiger partial charge < -0.3 is 4.57 Å². The van der Waals surface area contributed by atoms with E-state index in [-0.39, 0.29) is 0 Å². The fourth-order valence-electron chi connectivity index (χ4n) is 9.11. The van der Waals surface area contributed by atoms with Crippen LogP contribution in [-0.2, 0) is 0 Å². The lowest BCUT2D eigenvalue weighted by molar-refractivity contribution is 1.01. The van der Waals surface area contributed by atoms with Crippen molar-refractivity contribution in [2.24, 2.45) is 0 Å². The summed E-state index contributed by atoms with van der Waals surface area (Å²) >= 11 is 0. The van der Waals surface area contributed by atoms with Crippen LogP contribution in [0.3, 0.4) is 0 Å². The molecule has 0 aliphatic heterocycles. The van der Waals surface area contributed by atoms with Crippen molar-refractivity contribution in [3.8, 4) is 33.9 Å². The fraction of sp³-hybridized carbons (Fsp3) is 0. The Labute approximate surface area is 322 Å². The molecule has 0 bridgehead atoms. The van der Waals surface area contributed by atoms with Crippen molar-refractivity contribution >= 4 is 76.1 Å². The highest BCUT2D eigenvalue weighted by Gasteiger charge is 2.22. The Balaban J connectivity index is 1.16. The molecule has 3 aromatic heterocycles. The van der Waals surface area contributed by atoms with Crippen LogP contribution in [0.15, 0.2) is 194 Å². The predicted octanol–water partition coefficient (Wildman–Crippen LogP) is 13.5. The molecule has 0 spiro atoms. The lowest BCUT2D eigenvalue weighted by Gasteiger charge is -2.14. The standard InChI is InChI=1S/C52H32N4/c1-3-15-33(16-4-1)35-29-36(34-17-5-2-6-18-34)31-37(30-35)55-45-25-13-11-23-42(45)49-47(55)27-28-48-50(49)43-24-12-14-26-46(43)56(48)52-53-32-44-40-21-8-7-19-38(40)39-20-9-10-22-41(39)51(44)54-52/h1-32H. The summed E-state index contributed by atoms with van der Waals surface area (Å²) in [6, 6.07) is 67.6. The van der Waals surface area contributed by atoms with Crippen molar-refractivity contribution in [1.82, 2.24) is 19.1 Å². The predicted molar refractivity (Wildman–Crippen MR) is 234 cm³/mol. The second-order valence-electron chi connectivity index (χ2n) is 14.6. The first-order chi connectivity index (χ1) is 27.8. The lowest BCUT2D eigenvalue weighted by Crippen LogP contribution is -2.01. The van der Waals surface area contributed by atoms with Crippen LogP contribution in [0.5, 0.6) is 0 Å². The molecular formula is C52H32N4. The SMILES string of the molecule is c1ccc(-c2cc(-c3ccccc3)cc(-n3c4ccccc4c4c5c6ccccc6n(-c6ncc7c8ccccc8c8ccccc8c7n6)c5ccc43)c2)cc1. The van der Waals surface area contributed by atoms with Crippen LogP contribution >= 0.6 is 0 Å². The third-order valence-corrected chi connectivity index (χ3v) is 11.5. The van der Waals surface area contributed by atoms with Crippen LogP contribution in [0.4, 0.5) is 0 Å².